The van der Waals surface area contributed by atoms with E-state index in [9.17, 15) is 0 Å². The van der Waals surface area contributed by atoms with Crippen molar-refractivity contribution in [1.29, 1.82) is 0 Å². The van der Waals surface area contributed by atoms with E-state index in [0.29, 0.717) is 5.82 Å². The van der Waals surface area contributed by atoms with E-state index in [1.807, 2.05) is 24.3 Å². The lowest BCUT2D eigenvalue weighted by Crippen LogP contribution is -2.48. The number of benzene rings is 1. The number of anilines is 1. The minimum Gasteiger partial charge on any atom is -0.399 e. The first-order chi connectivity index (χ1) is 10.7. The Balaban J connectivity index is 1.50. The van der Waals surface area contributed by atoms with Gasteiger partial charge >= 0.3 is 0 Å². The lowest BCUT2D eigenvalue weighted by Gasteiger charge is -2.55. The number of hydrogen-bond acceptors (Lipinski definition) is 4. The Labute approximate surface area is 130 Å². The van der Waals surface area contributed by atoms with Crippen LogP contribution in [0.15, 0.2) is 28.8 Å². The lowest BCUT2D eigenvalue weighted by atomic mass is 9.49. The average Bonchev–Trinajstić information content (AvgIpc) is 2.97. The molecule has 1 aromatic heterocycles. The molecule has 4 saturated carbocycles. The molecule has 0 atom stereocenters. The van der Waals surface area contributed by atoms with Gasteiger partial charge in [-0.3, -0.25) is 0 Å². The van der Waals surface area contributed by atoms with Crippen molar-refractivity contribution in [3.05, 3.63) is 30.2 Å². The highest BCUT2D eigenvalue weighted by Gasteiger charge is 2.54. The summed E-state index contributed by atoms with van der Waals surface area (Å²) in [5.41, 5.74) is 7.66. The van der Waals surface area contributed by atoms with Gasteiger partial charge in [0, 0.05) is 11.3 Å². The monoisotopic (exact) mass is 295 g/mol. The predicted octanol–water partition coefficient (Wildman–Crippen LogP) is 3.79. The number of aromatic nitrogens is 2. The number of nitrogen functional groups attached to an aromatic ring is 1. The third kappa shape index (κ3) is 1.82. The Hall–Kier alpha value is -1.84. The number of nitrogens with two attached hydrogens (primary N) is 1. The van der Waals surface area contributed by atoms with Crippen LogP contribution in [0.3, 0.4) is 0 Å². The number of hydrogen-bond donors (Lipinski definition) is 1. The van der Waals surface area contributed by atoms with Crippen molar-refractivity contribution in [3.63, 3.8) is 0 Å². The van der Waals surface area contributed by atoms with Gasteiger partial charge in [0.25, 0.3) is 0 Å². The van der Waals surface area contributed by atoms with Crippen LogP contribution >= 0.6 is 0 Å². The quantitative estimate of drug-likeness (QED) is 0.856. The van der Waals surface area contributed by atoms with Crippen LogP contribution in [0.1, 0.15) is 44.4 Å². The Bertz CT molecular complexity index is 668. The lowest BCUT2D eigenvalue weighted by molar-refractivity contribution is -0.0201. The normalized spacial score (nSPS) is 35.9. The molecule has 4 nitrogen and oxygen atoms in total. The van der Waals surface area contributed by atoms with Gasteiger partial charge in [-0.2, -0.15) is 4.98 Å². The van der Waals surface area contributed by atoms with E-state index in [-0.39, 0.29) is 5.41 Å². The van der Waals surface area contributed by atoms with Gasteiger partial charge in [0.05, 0.1) is 5.41 Å². The molecule has 0 unspecified atom stereocenters. The van der Waals surface area contributed by atoms with Crippen molar-refractivity contribution in [3.8, 4) is 11.4 Å². The molecular formula is C18H21N3O. The molecule has 2 aromatic rings. The zero-order valence-corrected chi connectivity index (χ0v) is 12.7. The van der Waals surface area contributed by atoms with Gasteiger partial charge in [-0.1, -0.05) is 5.16 Å². The van der Waals surface area contributed by atoms with E-state index in [1.165, 1.54) is 38.5 Å². The average molecular weight is 295 g/mol. The second-order valence-corrected chi connectivity index (χ2v) is 7.74. The molecule has 114 valence electrons. The molecule has 0 spiro atoms. The van der Waals surface area contributed by atoms with E-state index < -0.39 is 0 Å². The largest absolute Gasteiger partial charge is 0.399 e. The molecule has 1 heterocycles. The fourth-order valence-electron chi connectivity index (χ4n) is 5.56. The minimum absolute atomic E-state index is 0.174. The minimum atomic E-state index is 0.174. The SMILES string of the molecule is Nc1ccc(-c2noc(C34CC5CC(CC(C5)C3)C4)n2)cc1. The van der Waals surface area contributed by atoms with Gasteiger partial charge in [-0.05, 0) is 80.5 Å². The predicted molar refractivity (Wildman–Crippen MR) is 84.0 cm³/mol. The summed E-state index contributed by atoms with van der Waals surface area (Å²) in [6.45, 7) is 0. The zero-order valence-electron chi connectivity index (χ0n) is 12.7. The molecule has 0 aliphatic heterocycles. The molecule has 2 N–H and O–H groups in total. The summed E-state index contributed by atoms with van der Waals surface area (Å²) in [4.78, 5) is 4.78. The summed E-state index contributed by atoms with van der Waals surface area (Å²) in [5.74, 6) is 4.25. The number of nitrogens with zero attached hydrogens (tertiary/aromatic N) is 2. The smallest absolute Gasteiger partial charge is 0.233 e. The molecule has 4 bridgehead atoms. The van der Waals surface area contributed by atoms with Crippen molar-refractivity contribution in [2.75, 3.05) is 5.73 Å². The van der Waals surface area contributed by atoms with E-state index in [4.69, 9.17) is 15.2 Å². The molecule has 0 saturated heterocycles. The highest BCUT2D eigenvalue weighted by atomic mass is 16.5. The third-order valence-electron chi connectivity index (χ3n) is 6.09. The van der Waals surface area contributed by atoms with Gasteiger partial charge < -0.3 is 10.3 Å². The van der Waals surface area contributed by atoms with Crippen molar-refractivity contribution in [2.24, 2.45) is 17.8 Å². The third-order valence-corrected chi connectivity index (χ3v) is 6.09. The molecule has 4 aliphatic carbocycles. The summed E-state index contributed by atoms with van der Waals surface area (Å²) in [5, 5.41) is 4.25. The summed E-state index contributed by atoms with van der Waals surface area (Å²) < 4.78 is 5.74. The Morgan fingerprint density at radius 3 is 2.14 bits per heavy atom. The molecule has 1 aromatic carbocycles. The van der Waals surface area contributed by atoms with Gasteiger partial charge in [0.1, 0.15) is 0 Å². The second-order valence-electron chi connectivity index (χ2n) is 7.74. The van der Waals surface area contributed by atoms with Gasteiger partial charge in [-0.25, -0.2) is 0 Å². The molecule has 4 fully saturated rings. The first-order valence-corrected chi connectivity index (χ1v) is 8.40. The fourth-order valence-corrected chi connectivity index (χ4v) is 5.56. The van der Waals surface area contributed by atoms with Crippen LogP contribution in [0.5, 0.6) is 0 Å². The molecule has 0 amide bonds. The number of rotatable bonds is 2. The van der Waals surface area contributed by atoms with Crippen molar-refractivity contribution < 1.29 is 4.52 Å². The topological polar surface area (TPSA) is 64.9 Å². The van der Waals surface area contributed by atoms with Crippen molar-refractivity contribution in [1.82, 2.24) is 10.1 Å². The van der Waals surface area contributed by atoms with Crippen LogP contribution in [-0.2, 0) is 5.41 Å². The molecule has 0 radical (unpaired) electrons. The summed E-state index contributed by atoms with van der Waals surface area (Å²) in [7, 11) is 0. The van der Waals surface area contributed by atoms with Gasteiger partial charge in [0.15, 0.2) is 0 Å². The Morgan fingerprint density at radius 2 is 1.55 bits per heavy atom. The van der Waals surface area contributed by atoms with Crippen LogP contribution in [-0.4, -0.2) is 10.1 Å². The molecule has 22 heavy (non-hydrogen) atoms. The molecular weight excluding hydrogens is 274 g/mol. The highest BCUT2D eigenvalue weighted by Crippen LogP contribution is 2.60. The van der Waals surface area contributed by atoms with Crippen LogP contribution in [0.4, 0.5) is 5.69 Å². The van der Waals surface area contributed by atoms with E-state index in [1.54, 1.807) is 0 Å². The van der Waals surface area contributed by atoms with Crippen LogP contribution in [0.2, 0.25) is 0 Å². The van der Waals surface area contributed by atoms with E-state index in [2.05, 4.69) is 5.16 Å². The zero-order chi connectivity index (χ0) is 14.7. The Morgan fingerprint density at radius 1 is 0.955 bits per heavy atom. The molecule has 4 heteroatoms. The van der Waals surface area contributed by atoms with Gasteiger partial charge in [0.2, 0.25) is 11.7 Å². The van der Waals surface area contributed by atoms with Crippen LogP contribution in [0, 0.1) is 17.8 Å². The maximum atomic E-state index is 5.75. The van der Waals surface area contributed by atoms with E-state index >= 15 is 0 Å². The van der Waals surface area contributed by atoms with Crippen LogP contribution in [0.25, 0.3) is 11.4 Å². The first-order valence-electron chi connectivity index (χ1n) is 8.40. The standard InChI is InChI=1S/C18H21N3O/c19-15-3-1-14(2-4-15)16-20-17(22-21-16)18-8-11-5-12(9-18)7-13(6-11)10-18/h1-4,11-13H,5-10,19H2. The van der Waals surface area contributed by atoms with Crippen LogP contribution < -0.4 is 5.73 Å². The fraction of sp³-hybridized carbons (Fsp3) is 0.556. The Kier molecular flexibility index (Phi) is 2.50. The maximum absolute atomic E-state index is 5.75. The maximum Gasteiger partial charge on any atom is 0.233 e. The summed E-state index contributed by atoms with van der Waals surface area (Å²) >= 11 is 0. The van der Waals surface area contributed by atoms with Crippen molar-refractivity contribution >= 4 is 5.69 Å². The van der Waals surface area contributed by atoms with Crippen molar-refractivity contribution in [2.45, 2.75) is 43.9 Å². The highest BCUT2D eigenvalue weighted by molar-refractivity contribution is 5.58. The molecule has 6 rings (SSSR count). The van der Waals surface area contributed by atoms with E-state index in [0.717, 1.165) is 34.9 Å². The second kappa shape index (κ2) is 4.34. The first kappa shape index (κ1) is 12.7. The summed E-state index contributed by atoms with van der Waals surface area (Å²) in [6, 6.07) is 7.69. The molecule has 4 aliphatic rings. The van der Waals surface area contributed by atoms with Gasteiger partial charge in [-0.15, -0.1) is 0 Å². The summed E-state index contributed by atoms with van der Waals surface area (Å²) in [6.07, 6.45) is 8.04.